The molecule has 1 aromatic carbocycles. The largest absolute Gasteiger partial charge is 0.486 e. The minimum atomic E-state index is 0.479. The molecule has 1 aliphatic rings. The second-order valence-corrected chi connectivity index (χ2v) is 5.05. The summed E-state index contributed by atoms with van der Waals surface area (Å²) in [6.07, 6.45) is 2.72. The molecule has 0 saturated heterocycles. The highest BCUT2D eigenvalue weighted by Gasteiger charge is 2.15. The summed E-state index contributed by atoms with van der Waals surface area (Å²) in [5, 5.41) is 8.21. The molecule has 0 spiro atoms. The number of aryl methyl sites for hydroxylation is 1. The zero-order chi connectivity index (χ0) is 13.2. The fourth-order valence-corrected chi connectivity index (χ4v) is 2.65. The fraction of sp³-hybridized carbons (Fsp3) is 0.357. The molecule has 5 heteroatoms. The van der Waals surface area contributed by atoms with Gasteiger partial charge in [0.25, 0.3) is 0 Å². The van der Waals surface area contributed by atoms with Crippen molar-refractivity contribution in [3.05, 3.63) is 46.2 Å². The SMILES string of the molecule is Cn1nccc1COc1ccc2c(c1Cl)CCNC2. The summed E-state index contributed by atoms with van der Waals surface area (Å²) in [6.45, 7) is 2.34. The van der Waals surface area contributed by atoms with E-state index in [0.717, 1.165) is 36.0 Å². The maximum absolute atomic E-state index is 6.43. The van der Waals surface area contributed by atoms with Gasteiger partial charge < -0.3 is 10.1 Å². The zero-order valence-corrected chi connectivity index (χ0v) is 11.6. The molecule has 2 aromatic rings. The van der Waals surface area contributed by atoms with Crippen LogP contribution in [0.2, 0.25) is 5.02 Å². The first-order chi connectivity index (χ1) is 9.25. The van der Waals surface area contributed by atoms with Gasteiger partial charge in [0.05, 0.1) is 10.7 Å². The third kappa shape index (κ3) is 2.46. The van der Waals surface area contributed by atoms with Gasteiger partial charge in [0.15, 0.2) is 0 Å². The van der Waals surface area contributed by atoms with Crippen molar-refractivity contribution in [2.24, 2.45) is 7.05 Å². The normalized spacial score (nSPS) is 14.2. The first kappa shape index (κ1) is 12.5. The average molecular weight is 278 g/mol. The molecule has 1 aliphatic heterocycles. The van der Waals surface area contributed by atoms with Crippen molar-refractivity contribution >= 4 is 11.6 Å². The highest BCUT2D eigenvalue weighted by atomic mass is 35.5. The molecule has 0 bridgehead atoms. The highest BCUT2D eigenvalue weighted by Crippen LogP contribution is 2.32. The lowest BCUT2D eigenvalue weighted by atomic mass is 10.0. The van der Waals surface area contributed by atoms with Gasteiger partial charge in [0.2, 0.25) is 0 Å². The summed E-state index contributed by atoms with van der Waals surface area (Å²) < 4.78 is 7.62. The van der Waals surface area contributed by atoms with E-state index in [4.69, 9.17) is 16.3 Å². The van der Waals surface area contributed by atoms with Gasteiger partial charge in [-0.1, -0.05) is 17.7 Å². The standard InChI is InChI=1S/C14H16ClN3O/c1-18-11(4-7-17-18)9-19-13-3-2-10-8-16-6-5-12(10)14(13)15/h2-4,7,16H,5-6,8-9H2,1H3. The van der Waals surface area contributed by atoms with Crippen molar-refractivity contribution < 1.29 is 4.74 Å². The minimum absolute atomic E-state index is 0.479. The van der Waals surface area contributed by atoms with Crippen molar-refractivity contribution in [1.29, 1.82) is 0 Å². The van der Waals surface area contributed by atoms with Crippen LogP contribution in [0.15, 0.2) is 24.4 Å². The van der Waals surface area contributed by atoms with Gasteiger partial charge >= 0.3 is 0 Å². The molecule has 0 fully saturated rings. The summed E-state index contributed by atoms with van der Waals surface area (Å²) in [4.78, 5) is 0. The Hall–Kier alpha value is -1.52. The minimum Gasteiger partial charge on any atom is -0.486 e. The van der Waals surface area contributed by atoms with Crippen LogP contribution in [0.4, 0.5) is 0 Å². The lowest BCUT2D eigenvalue weighted by molar-refractivity contribution is 0.294. The summed E-state index contributed by atoms with van der Waals surface area (Å²) in [7, 11) is 1.90. The topological polar surface area (TPSA) is 39.1 Å². The third-order valence-electron chi connectivity index (χ3n) is 3.47. The molecule has 100 valence electrons. The summed E-state index contributed by atoms with van der Waals surface area (Å²) >= 11 is 6.43. The molecule has 4 nitrogen and oxygen atoms in total. The Balaban J connectivity index is 1.80. The Morgan fingerprint density at radius 2 is 2.32 bits per heavy atom. The lowest BCUT2D eigenvalue weighted by Crippen LogP contribution is -2.23. The Labute approximate surface area is 117 Å². The molecule has 0 aliphatic carbocycles. The van der Waals surface area contributed by atoms with Crippen LogP contribution in [0.3, 0.4) is 0 Å². The Morgan fingerprint density at radius 3 is 3.11 bits per heavy atom. The van der Waals surface area contributed by atoms with E-state index in [0.29, 0.717) is 6.61 Å². The van der Waals surface area contributed by atoms with Gasteiger partial charge in [0, 0.05) is 19.8 Å². The summed E-state index contributed by atoms with van der Waals surface area (Å²) in [6, 6.07) is 5.98. The van der Waals surface area contributed by atoms with Crippen LogP contribution in [0.25, 0.3) is 0 Å². The Kier molecular flexibility index (Phi) is 3.44. The number of nitrogens with one attached hydrogen (secondary N) is 1. The van der Waals surface area contributed by atoms with E-state index in [1.165, 1.54) is 11.1 Å². The van der Waals surface area contributed by atoms with Crippen LogP contribution in [-0.2, 0) is 26.6 Å². The number of rotatable bonds is 3. The monoisotopic (exact) mass is 277 g/mol. The molecule has 2 heterocycles. The van der Waals surface area contributed by atoms with Crippen LogP contribution in [0, 0.1) is 0 Å². The van der Waals surface area contributed by atoms with E-state index < -0.39 is 0 Å². The van der Waals surface area contributed by atoms with Crippen molar-refractivity contribution in [2.45, 2.75) is 19.6 Å². The van der Waals surface area contributed by atoms with Crippen LogP contribution in [-0.4, -0.2) is 16.3 Å². The van der Waals surface area contributed by atoms with Gasteiger partial charge in [-0.2, -0.15) is 5.10 Å². The van der Waals surface area contributed by atoms with Gasteiger partial charge in [-0.15, -0.1) is 0 Å². The average Bonchev–Trinajstić information content (AvgIpc) is 2.84. The van der Waals surface area contributed by atoms with Crippen molar-refractivity contribution in [3.63, 3.8) is 0 Å². The van der Waals surface area contributed by atoms with Gasteiger partial charge in [0.1, 0.15) is 12.4 Å². The molecule has 0 unspecified atom stereocenters. The molecular formula is C14H16ClN3O. The third-order valence-corrected chi connectivity index (χ3v) is 3.88. The molecule has 0 saturated carbocycles. The number of benzene rings is 1. The van der Waals surface area contributed by atoms with Crippen LogP contribution in [0.5, 0.6) is 5.75 Å². The van der Waals surface area contributed by atoms with E-state index in [2.05, 4.69) is 16.5 Å². The first-order valence-corrected chi connectivity index (χ1v) is 6.74. The second kappa shape index (κ2) is 5.23. The molecule has 3 rings (SSSR count). The number of halogens is 1. The second-order valence-electron chi connectivity index (χ2n) is 4.68. The predicted octanol–water partition coefficient (Wildman–Crippen LogP) is 2.30. The van der Waals surface area contributed by atoms with E-state index in [9.17, 15) is 0 Å². The molecule has 0 atom stereocenters. The van der Waals surface area contributed by atoms with E-state index >= 15 is 0 Å². The smallest absolute Gasteiger partial charge is 0.138 e. The lowest BCUT2D eigenvalue weighted by Gasteiger charge is -2.20. The van der Waals surface area contributed by atoms with Crippen molar-refractivity contribution in [1.82, 2.24) is 15.1 Å². The molecule has 19 heavy (non-hydrogen) atoms. The summed E-state index contributed by atoms with van der Waals surface area (Å²) in [5.41, 5.74) is 3.50. The molecule has 0 amide bonds. The number of ether oxygens (including phenoxy) is 1. The number of nitrogens with zero attached hydrogens (tertiary/aromatic N) is 2. The number of hydrogen-bond donors (Lipinski definition) is 1. The highest BCUT2D eigenvalue weighted by molar-refractivity contribution is 6.33. The number of hydrogen-bond acceptors (Lipinski definition) is 3. The van der Waals surface area contributed by atoms with Crippen LogP contribution < -0.4 is 10.1 Å². The van der Waals surface area contributed by atoms with Gasteiger partial charge in [-0.05, 0) is 36.2 Å². The predicted molar refractivity (Wildman–Crippen MR) is 74.4 cm³/mol. The van der Waals surface area contributed by atoms with Crippen LogP contribution in [0.1, 0.15) is 16.8 Å². The fourth-order valence-electron chi connectivity index (χ4n) is 2.32. The maximum Gasteiger partial charge on any atom is 0.138 e. The van der Waals surface area contributed by atoms with E-state index in [1.54, 1.807) is 10.9 Å². The van der Waals surface area contributed by atoms with Gasteiger partial charge in [-0.3, -0.25) is 4.68 Å². The first-order valence-electron chi connectivity index (χ1n) is 6.36. The zero-order valence-electron chi connectivity index (χ0n) is 10.8. The van der Waals surface area contributed by atoms with Gasteiger partial charge in [-0.25, -0.2) is 0 Å². The Bertz CT molecular complexity index is 594. The molecule has 0 radical (unpaired) electrons. The van der Waals surface area contributed by atoms with Crippen LogP contribution >= 0.6 is 11.6 Å². The number of aromatic nitrogens is 2. The maximum atomic E-state index is 6.43. The van der Waals surface area contributed by atoms with E-state index in [-0.39, 0.29) is 0 Å². The molecular weight excluding hydrogens is 262 g/mol. The summed E-state index contributed by atoms with van der Waals surface area (Å²) in [5.74, 6) is 0.753. The Morgan fingerprint density at radius 1 is 1.42 bits per heavy atom. The quantitative estimate of drug-likeness (QED) is 0.936. The van der Waals surface area contributed by atoms with E-state index in [1.807, 2.05) is 19.2 Å². The molecule has 1 aromatic heterocycles. The van der Waals surface area contributed by atoms with Crippen molar-refractivity contribution in [2.75, 3.05) is 6.54 Å². The molecule has 1 N–H and O–H groups in total. The van der Waals surface area contributed by atoms with Crippen molar-refractivity contribution in [3.8, 4) is 5.75 Å². The number of fused-ring (bicyclic) bond motifs is 1.